The summed E-state index contributed by atoms with van der Waals surface area (Å²) in [7, 11) is 0. The van der Waals surface area contributed by atoms with Crippen molar-refractivity contribution in [3.8, 4) is 0 Å². The molecule has 0 unspecified atom stereocenters. The number of aromatic nitrogens is 4. The molecule has 0 radical (unpaired) electrons. The van der Waals surface area contributed by atoms with Gasteiger partial charge in [-0.2, -0.15) is 0 Å². The Morgan fingerprint density at radius 3 is 3.05 bits per heavy atom. The average molecular weight is 346 g/mol. The predicted octanol–water partition coefficient (Wildman–Crippen LogP) is 3.26. The fraction of sp³-hybridized carbons (Fsp3) is 0.286. The van der Waals surface area contributed by atoms with Gasteiger partial charge in [-0.3, -0.25) is 9.97 Å². The van der Waals surface area contributed by atoms with Gasteiger partial charge in [-0.05, 0) is 40.9 Å². The lowest BCUT2D eigenvalue weighted by Crippen LogP contribution is -2.01. The second kappa shape index (κ2) is 5.07. The molecule has 1 fully saturated rings. The third kappa shape index (κ3) is 2.61. The number of pyridine rings is 2. The third-order valence-electron chi connectivity index (χ3n) is 3.38. The van der Waals surface area contributed by atoms with Crippen LogP contribution in [0.3, 0.4) is 0 Å². The van der Waals surface area contributed by atoms with Crippen LogP contribution in [0.4, 0.5) is 5.69 Å². The standard InChI is InChI=1S/C14H12BrN5O/c15-9-5-11-13(18-6-9)10(3-4-16-11)17-7-12-19-20-14(21-12)8-1-2-8/h3-6,8H,1-2,7H2,(H,16,17). The van der Waals surface area contributed by atoms with Crippen LogP contribution in [-0.2, 0) is 6.54 Å². The van der Waals surface area contributed by atoms with Gasteiger partial charge >= 0.3 is 0 Å². The lowest BCUT2D eigenvalue weighted by molar-refractivity contribution is 0.457. The van der Waals surface area contributed by atoms with Gasteiger partial charge < -0.3 is 9.73 Å². The van der Waals surface area contributed by atoms with E-state index in [1.165, 1.54) is 0 Å². The van der Waals surface area contributed by atoms with E-state index >= 15 is 0 Å². The maximum absolute atomic E-state index is 5.63. The fourth-order valence-corrected chi connectivity index (χ4v) is 2.47. The van der Waals surface area contributed by atoms with Crippen LogP contribution in [0.1, 0.15) is 30.5 Å². The van der Waals surface area contributed by atoms with Gasteiger partial charge in [0.15, 0.2) is 0 Å². The zero-order valence-electron chi connectivity index (χ0n) is 11.1. The van der Waals surface area contributed by atoms with Gasteiger partial charge in [0.1, 0.15) is 5.52 Å². The molecule has 1 N–H and O–H groups in total. The highest BCUT2D eigenvalue weighted by atomic mass is 79.9. The molecular weight excluding hydrogens is 334 g/mol. The first-order valence-corrected chi connectivity index (χ1v) is 7.55. The highest BCUT2D eigenvalue weighted by molar-refractivity contribution is 9.10. The summed E-state index contributed by atoms with van der Waals surface area (Å²) in [5.74, 6) is 1.83. The minimum absolute atomic E-state index is 0.479. The van der Waals surface area contributed by atoms with Crippen LogP contribution < -0.4 is 5.32 Å². The first kappa shape index (κ1) is 12.7. The molecule has 3 aromatic heterocycles. The molecule has 4 rings (SSSR count). The van der Waals surface area contributed by atoms with Crippen molar-refractivity contribution < 1.29 is 4.42 Å². The summed E-state index contributed by atoms with van der Waals surface area (Å²) in [6.45, 7) is 0.483. The lowest BCUT2D eigenvalue weighted by atomic mass is 10.3. The number of rotatable bonds is 4. The smallest absolute Gasteiger partial charge is 0.235 e. The minimum Gasteiger partial charge on any atom is -0.423 e. The lowest BCUT2D eigenvalue weighted by Gasteiger charge is -2.06. The molecule has 0 saturated heterocycles. The molecule has 106 valence electrons. The quantitative estimate of drug-likeness (QED) is 0.781. The highest BCUT2D eigenvalue weighted by Gasteiger charge is 2.29. The Kier molecular flexibility index (Phi) is 3.07. The van der Waals surface area contributed by atoms with Crippen molar-refractivity contribution in [2.75, 3.05) is 5.32 Å². The Bertz CT molecular complexity index is 799. The molecule has 3 heterocycles. The first-order valence-electron chi connectivity index (χ1n) is 6.76. The Balaban J connectivity index is 1.55. The molecule has 3 aromatic rings. The molecule has 6 nitrogen and oxygen atoms in total. The Morgan fingerprint density at radius 1 is 1.29 bits per heavy atom. The maximum atomic E-state index is 5.63. The summed E-state index contributed by atoms with van der Waals surface area (Å²) < 4.78 is 6.54. The first-order chi connectivity index (χ1) is 10.3. The van der Waals surface area contributed by atoms with Crippen LogP contribution in [0.2, 0.25) is 0 Å². The summed E-state index contributed by atoms with van der Waals surface area (Å²) >= 11 is 3.40. The molecule has 0 atom stereocenters. The van der Waals surface area contributed by atoms with Gasteiger partial charge in [-0.15, -0.1) is 10.2 Å². The summed E-state index contributed by atoms with van der Waals surface area (Å²) in [4.78, 5) is 8.71. The van der Waals surface area contributed by atoms with Crippen molar-refractivity contribution in [2.24, 2.45) is 0 Å². The highest BCUT2D eigenvalue weighted by Crippen LogP contribution is 2.39. The van der Waals surface area contributed by atoms with Crippen LogP contribution >= 0.6 is 15.9 Å². The number of nitrogens with one attached hydrogen (secondary N) is 1. The van der Waals surface area contributed by atoms with Crippen molar-refractivity contribution in [1.82, 2.24) is 20.2 Å². The van der Waals surface area contributed by atoms with Crippen LogP contribution in [0.25, 0.3) is 11.0 Å². The fourth-order valence-electron chi connectivity index (χ4n) is 2.15. The molecule has 0 spiro atoms. The van der Waals surface area contributed by atoms with Crippen molar-refractivity contribution in [3.05, 3.63) is 40.8 Å². The van der Waals surface area contributed by atoms with Gasteiger partial charge in [-0.1, -0.05) is 0 Å². The molecule has 21 heavy (non-hydrogen) atoms. The van der Waals surface area contributed by atoms with E-state index in [0.29, 0.717) is 18.4 Å². The molecule has 7 heteroatoms. The molecule has 1 saturated carbocycles. The molecule has 0 bridgehead atoms. The van der Waals surface area contributed by atoms with E-state index < -0.39 is 0 Å². The number of halogens is 1. The summed E-state index contributed by atoms with van der Waals surface area (Å²) in [5.41, 5.74) is 2.56. The summed E-state index contributed by atoms with van der Waals surface area (Å²) in [5, 5.41) is 11.4. The zero-order chi connectivity index (χ0) is 14.2. The predicted molar refractivity (Wildman–Crippen MR) is 80.8 cm³/mol. The number of anilines is 1. The Morgan fingerprint density at radius 2 is 2.19 bits per heavy atom. The van der Waals surface area contributed by atoms with Crippen LogP contribution in [0.5, 0.6) is 0 Å². The van der Waals surface area contributed by atoms with Gasteiger partial charge in [0.2, 0.25) is 11.8 Å². The normalized spacial score (nSPS) is 14.5. The number of nitrogens with zero attached hydrogens (tertiary/aromatic N) is 4. The maximum Gasteiger partial charge on any atom is 0.235 e. The SMILES string of the molecule is Brc1cnc2c(NCc3nnc(C4CC4)o3)ccnc2c1. The molecular formula is C14H12BrN5O. The van der Waals surface area contributed by atoms with Crippen molar-refractivity contribution in [3.63, 3.8) is 0 Å². The molecule has 1 aliphatic carbocycles. The number of fused-ring (bicyclic) bond motifs is 1. The molecule has 0 aliphatic heterocycles. The van der Waals surface area contributed by atoms with Gasteiger partial charge in [-0.25, -0.2) is 0 Å². The summed E-state index contributed by atoms with van der Waals surface area (Å²) in [6.07, 6.45) is 5.82. The van der Waals surface area contributed by atoms with Crippen LogP contribution in [0.15, 0.2) is 33.4 Å². The molecule has 0 amide bonds. The zero-order valence-corrected chi connectivity index (χ0v) is 12.7. The largest absolute Gasteiger partial charge is 0.423 e. The molecule has 1 aliphatic rings. The van der Waals surface area contributed by atoms with E-state index in [4.69, 9.17) is 4.42 Å². The third-order valence-corrected chi connectivity index (χ3v) is 3.82. The van der Waals surface area contributed by atoms with Crippen molar-refractivity contribution >= 4 is 32.7 Å². The van der Waals surface area contributed by atoms with E-state index in [1.54, 1.807) is 12.4 Å². The van der Waals surface area contributed by atoms with E-state index in [-0.39, 0.29) is 0 Å². The van der Waals surface area contributed by atoms with Crippen molar-refractivity contribution in [2.45, 2.75) is 25.3 Å². The van der Waals surface area contributed by atoms with Gasteiger partial charge in [0.05, 0.1) is 17.7 Å². The summed E-state index contributed by atoms with van der Waals surface area (Å²) in [6, 6.07) is 3.83. The second-order valence-corrected chi connectivity index (χ2v) is 5.96. The number of hydrogen-bond donors (Lipinski definition) is 1. The average Bonchev–Trinajstić information content (AvgIpc) is 3.24. The monoisotopic (exact) mass is 345 g/mol. The van der Waals surface area contributed by atoms with E-state index in [2.05, 4.69) is 41.4 Å². The Labute approximate surface area is 129 Å². The minimum atomic E-state index is 0.479. The van der Waals surface area contributed by atoms with E-state index in [9.17, 15) is 0 Å². The van der Waals surface area contributed by atoms with Crippen LogP contribution in [0, 0.1) is 0 Å². The molecule has 0 aromatic carbocycles. The van der Waals surface area contributed by atoms with Crippen molar-refractivity contribution in [1.29, 1.82) is 0 Å². The van der Waals surface area contributed by atoms with E-state index in [0.717, 1.165) is 39.9 Å². The van der Waals surface area contributed by atoms with Gasteiger partial charge in [0, 0.05) is 22.8 Å². The second-order valence-electron chi connectivity index (χ2n) is 5.04. The number of hydrogen-bond acceptors (Lipinski definition) is 6. The topological polar surface area (TPSA) is 76.7 Å². The van der Waals surface area contributed by atoms with E-state index in [1.807, 2.05) is 12.1 Å². The van der Waals surface area contributed by atoms with Gasteiger partial charge in [0.25, 0.3) is 0 Å². The van der Waals surface area contributed by atoms with Crippen LogP contribution in [-0.4, -0.2) is 20.2 Å². The Hall–Kier alpha value is -2.02.